The van der Waals surface area contributed by atoms with Gasteiger partial charge in [0.25, 0.3) is 0 Å². The molecule has 0 aliphatic heterocycles. The molecule has 0 saturated heterocycles. The highest BCUT2D eigenvalue weighted by molar-refractivity contribution is 5.79. The molecule has 1 aliphatic carbocycles. The predicted octanol–water partition coefficient (Wildman–Crippen LogP) is 1.49. The average molecular weight is 255 g/mol. The number of aliphatic hydroxyl groups is 1. The van der Waals surface area contributed by atoms with Crippen molar-refractivity contribution in [1.29, 1.82) is 0 Å². The molecule has 2 rings (SSSR count). The van der Waals surface area contributed by atoms with Gasteiger partial charge in [-0.15, -0.1) is 0 Å². The van der Waals surface area contributed by atoms with Crippen LogP contribution < -0.4 is 0 Å². The van der Waals surface area contributed by atoms with E-state index in [-0.39, 0.29) is 37.1 Å². The van der Waals surface area contributed by atoms with Crippen LogP contribution in [0.25, 0.3) is 0 Å². The SMILES string of the molecule is O=C(Cc1cccc(F)c1F)N(CCO)C1CC1. The van der Waals surface area contributed by atoms with Gasteiger partial charge in [-0.1, -0.05) is 12.1 Å². The number of halogens is 2. The van der Waals surface area contributed by atoms with Gasteiger partial charge in [0, 0.05) is 18.2 Å². The Morgan fingerprint density at radius 1 is 1.39 bits per heavy atom. The zero-order chi connectivity index (χ0) is 13.1. The van der Waals surface area contributed by atoms with E-state index in [2.05, 4.69) is 0 Å². The van der Waals surface area contributed by atoms with Gasteiger partial charge in [-0.05, 0) is 18.9 Å². The largest absolute Gasteiger partial charge is 0.395 e. The molecule has 3 nitrogen and oxygen atoms in total. The van der Waals surface area contributed by atoms with Crippen molar-refractivity contribution in [3.63, 3.8) is 0 Å². The Balaban J connectivity index is 2.07. The van der Waals surface area contributed by atoms with Crippen LogP contribution in [0, 0.1) is 11.6 Å². The third kappa shape index (κ3) is 2.85. The normalized spacial score (nSPS) is 14.6. The van der Waals surface area contributed by atoms with E-state index >= 15 is 0 Å². The topological polar surface area (TPSA) is 40.5 Å². The summed E-state index contributed by atoms with van der Waals surface area (Å²) in [5.74, 6) is -2.18. The second-order valence-corrected chi connectivity index (χ2v) is 4.43. The standard InChI is InChI=1S/C13H15F2NO2/c14-11-3-1-2-9(13(11)15)8-12(18)16(6-7-17)10-4-5-10/h1-3,10,17H,4-8H2. The predicted molar refractivity (Wildman–Crippen MR) is 61.9 cm³/mol. The minimum atomic E-state index is -0.967. The molecule has 5 heteroatoms. The number of nitrogens with zero attached hydrogens (tertiary/aromatic N) is 1. The molecule has 1 aromatic carbocycles. The fourth-order valence-corrected chi connectivity index (χ4v) is 1.95. The lowest BCUT2D eigenvalue weighted by molar-refractivity contribution is -0.131. The highest BCUT2D eigenvalue weighted by atomic mass is 19.2. The number of benzene rings is 1. The minimum absolute atomic E-state index is 0.0589. The number of hydrogen-bond acceptors (Lipinski definition) is 2. The Morgan fingerprint density at radius 3 is 2.72 bits per heavy atom. The van der Waals surface area contributed by atoms with E-state index in [1.54, 1.807) is 4.90 Å². The molecule has 0 unspecified atom stereocenters. The molecule has 1 aliphatic rings. The first kappa shape index (κ1) is 13.0. The molecule has 1 N–H and O–H groups in total. The van der Waals surface area contributed by atoms with Crippen LogP contribution in [0.5, 0.6) is 0 Å². The van der Waals surface area contributed by atoms with Crippen molar-refractivity contribution < 1.29 is 18.7 Å². The van der Waals surface area contributed by atoms with Crippen LogP contribution in [0.1, 0.15) is 18.4 Å². The molecule has 0 bridgehead atoms. The maximum absolute atomic E-state index is 13.4. The van der Waals surface area contributed by atoms with Crippen molar-refractivity contribution in [3.8, 4) is 0 Å². The molecule has 1 aromatic rings. The van der Waals surface area contributed by atoms with Crippen LogP contribution in [0.15, 0.2) is 18.2 Å². The number of aliphatic hydroxyl groups excluding tert-OH is 1. The molecule has 0 aromatic heterocycles. The summed E-state index contributed by atoms with van der Waals surface area (Å²) in [5, 5.41) is 8.90. The van der Waals surface area contributed by atoms with Gasteiger partial charge in [-0.25, -0.2) is 8.78 Å². The van der Waals surface area contributed by atoms with Crippen LogP contribution in [0.4, 0.5) is 8.78 Å². The summed E-state index contributed by atoms with van der Waals surface area (Å²) < 4.78 is 26.4. The first-order chi connectivity index (χ1) is 8.63. The lowest BCUT2D eigenvalue weighted by atomic mass is 10.1. The zero-order valence-electron chi connectivity index (χ0n) is 9.90. The van der Waals surface area contributed by atoms with Gasteiger partial charge in [0.15, 0.2) is 11.6 Å². The molecule has 0 radical (unpaired) electrons. The summed E-state index contributed by atoms with van der Waals surface area (Å²) in [6.07, 6.45) is 1.66. The van der Waals surface area contributed by atoms with E-state index in [1.807, 2.05) is 0 Å². The second kappa shape index (κ2) is 5.44. The molecule has 1 amide bonds. The highest BCUT2D eigenvalue weighted by Crippen LogP contribution is 2.27. The first-order valence-corrected chi connectivity index (χ1v) is 5.96. The number of carbonyl (C=O) groups excluding carboxylic acids is 1. The number of carbonyl (C=O) groups is 1. The highest BCUT2D eigenvalue weighted by Gasteiger charge is 2.32. The van der Waals surface area contributed by atoms with E-state index in [4.69, 9.17) is 5.11 Å². The summed E-state index contributed by atoms with van der Waals surface area (Å²) in [7, 11) is 0. The van der Waals surface area contributed by atoms with Crippen LogP contribution in [0.2, 0.25) is 0 Å². The van der Waals surface area contributed by atoms with Gasteiger partial charge >= 0.3 is 0 Å². The van der Waals surface area contributed by atoms with E-state index < -0.39 is 11.6 Å². The lowest BCUT2D eigenvalue weighted by Gasteiger charge is -2.21. The van der Waals surface area contributed by atoms with E-state index in [0.29, 0.717) is 0 Å². The van der Waals surface area contributed by atoms with Gasteiger partial charge in [0.2, 0.25) is 5.91 Å². The van der Waals surface area contributed by atoms with Gasteiger partial charge in [0.05, 0.1) is 13.0 Å². The fourth-order valence-electron chi connectivity index (χ4n) is 1.95. The maximum atomic E-state index is 13.4. The first-order valence-electron chi connectivity index (χ1n) is 5.96. The Morgan fingerprint density at radius 2 is 2.11 bits per heavy atom. The third-order valence-corrected chi connectivity index (χ3v) is 3.02. The summed E-state index contributed by atoms with van der Waals surface area (Å²) >= 11 is 0. The lowest BCUT2D eigenvalue weighted by Crippen LogP contribution is -2.36. The molecular weight excluding hydrogens is 240 g/mol. The van der Waals surface area contributed by atoms with Crippen molar-refractivity contribution in [2.75, 3.05) is 13.2 Å². The summed E-state index contributed by atoms with van der Waals surface area (Å²) in [4.78, 5) is 13.5. The van der Waals surface area contributed by atoms with Crippen LogP contribution in [-0.4, -0.2) is 35.1 Å². The van der Waals surface area contributed by atoms with Crippen LogP contribution in [-0.2, 0) is 11.2 Å². The summed E-state index contributed by atoms with van der Waals surface area (Å²) in [5.41, 5.74) is 0.0589. The quantitative estimate of drug-likeness (QED) is 0.866. The Labute approximate surface area is 104 Å². The Bertz CT molecular complexity index is 447. The van der Waals surface area contributed by atoms with Crippen LogP contribution in [0.3, 0.4) is 0 Å². The second-order valence-electron chi connectivity index (χ2n) is 4.43. The molecule has 1 fully saturated rings. The number of amides is 1. The monoisotopic (exact) mass is 255 g/mol. The van der Waals surface area contributed by atoms with Crippen molar-refractivity contribution in [1.82, 2.24) is 4.90 Å². The van der Waals surface area contributed by atoms with Gasteiger partial charge in [-0.2, -0.15) is 0 Å². The van der Waals surface area contributed by atoms with Crippen molar-refractivity contribution >= 4 is 5.91 Å². The fraction of sp³-hybridized carbons (Fsp3) is 0.462. The van der Waals surface area contributed by atoms with Gasteiger partial charge in [0.1, 0.15) is 0 Å². The summed E-state index contributed by atoms with van der Waals surface area (Å²) in [6, 6.07) is 3.96. The molecular formula is C13H15F2NO2. The van der Waals surface area contributed by atoms with E-state index in [9.17, 15) is 13.6 Å². The van der Waals surface area contributed by atoms with Crippen molar-refractivity contribution in [3.05, 3.63) is 35.4 Å². The van der Waals surface area contributed by atoms with Crippen molar-refractivity contribution in [2.24, 2.45) is 0 Å². The number of rotatable bonds is 5. The minimum Gasteiger partial charge on any atom is -0.395 e. The molecule has 0 spiro atoms. The Kier molecular flexibility index (Phi) is 3.91. The van der Waals surface area contributed by atoms with Crippen LogP contribution >= 0.6 is 0 Å². The molecule has 98 valence electrons. The maximum Gasteiger partial charge on any atom is 0.227 e. The molecule has 18 heavy (non-hydrogen) atoms. The Hall–Kier alpha value is -1.49. The summed E-state index contributed by atoms with van der Waals surface area (Å²) in [6.45, 7) is 0.133. The van der Waals surface area contributed by atoms with Crippen molar-refractivity contribution in [2.45, 2.75) is 25.3 Å². The van der Waals surface area contributed by atoms with E-state index in [1.165, 1.54) is 12.1 Å². The molecule has 0 heterocycles. The average Bonchev–Trinajstić information content (AvgIpc) is 3.16. The van der Waals surface area contributed by atoms with E-state index in [0.717, 1.165) is 18.9 Å². The van der Waals surface area contributed by atoms with Gasteiger partial charge < -0.3 is 10.0 Å². The zero-order valence-corrected chi connectivity index (χ0v) is 9.90. The molecule has 1 saturated carbocycles. The van der Waals surface area contributed by atoms with Gasteiger partial charge in [-0.3, -0.25) is 4.79 Å². The smallest absolute Gasteiger partial charge is 0.227 e. The third-order valence-electron chi connectivity index (χ3n) is 3.02. The molecule has 0 atom stereocenters. The number of hydrogen-bond donors (Lipinski definition) is 1.